The first-order valence-electron chi connectivity index (χ1n) is 8.93. The van der Waals surface area contributed by atoms with Crippen molar-refractivity contribution in [1.82, 2.24) is 20.0 Å². The van der Waals surface area contributed by atoms with Crippen LogP contribution in [-0.4, -0.2) is 40.9 Å². The van der Waals surface area contributed by atoms with Gasteiger partial charge in [0.15, 0.2) is 0 Å². The molecule has 0 spiro atoms. The van der Waals surface area contributed by atoms with E-state index in [9.17, 15) is 4.79 Å². The molecule has 27 heavy (non-hydrogen) atoms. The van der Waals surface area contributed by atoms with E-state index < -0.39 is 0 Å². The molecule has 1 heterocycles. The van der Waals surface area contributed by atoms with Gasteiger partial charge in [0, 0.05) is 26.0 Å². The fraction of sp³-hybridized carbons (Fsp3) is 0.238. The molecule has 0 saturated heterocycles. The topological polar surface area (TPSA) is 59.4 Å². The highest BCUT2D eigenvalue weighted by Gasteiger charge is 2.10. The molecular weight excluding hydrogens is 340 g/mol. The third kappa shape index (κ3) is 5.60. The Balaban J connectivity index is 1.47. The highest BCUT2D eigenvalue weighted by atomic mass is 16.5. The minimum atomic E-state index is -0.124. The Hall–Kier alpha value is -3.28. The number of likely N-dealkylation sites (N-methyl/N-ethyl adjacent to an activating group) is 1. The minimum Gasteiger partial charge on any atom is -0.492 e. The number of amides is 2. The largest absolute Gasteiger partial charge is 0.492 e. The van der Waals surface area contributed by atoms with E-state index in [0.29, 0.717) is 26.2 Å². The second kappa shape index (κ2) is 9.43. The van der Waals surface area contributed by atoms with Gasteiger partial charge in [-0.15, -0.1) is 0 Å². The van der Waals surface area contributed by atoms with Crippen molar-refractivity contribution in [3.05, 3.63) is 84.2 Å². The van der Waals surface area contributed by atoms with Crippen LogP contribution in [-0.2, 0) is 13.1 Å². The zero-order valence-corrected chi connectivity index (χ0v) is 15.4. The average Bonchev–Trinajstić information content (AvgIpc) is 3.21. The van der Waals surface area contributed by atoms with Crippen LogP contribution in [0.5, 0.6) is 5.75 Å². The molecule has 0 bridgehead atoms. The van der Waals surface area contributed by atoms with E-state index in [-0.39, 0.29) is 6.03 Å². The second-order valence-electron chi connectivity index (χ2n) is 6.21. The summed E-state index contributed by atoms with van der Waals surface area (Å²) in [7, 11) is 1.76. The highest BCUT2D eigenvalue weighted by Crippen LogP contribution is 2.11. The van der Waals surface area contributed by atoms with E-state index >= 15 is 0 Å². The number of nitrogens with one attached hydrogen (secondary N) is 1. The number of urea groups is 1. The Kier molecular flexibility index (Phi) is 6.46. The first-order chi connectivity index (χ1) is 13.2. The summed E-state index contributed by atoms with van der Waals surface area (Å²) < 4.78 is 7.50. The number of aromatic nitrogens is 2. The summed E-state index contributed by atoms with van der Waals surface area (Å²) in [5.74, 6) is 0.804. The van der Waals surface area contributed by atoms with E-state index in [1.165, 1.54) is 0 Å². The van der Waals surface area contributed by atoms with Crippen LogP contribution in [0, 0.1) is 0 Å². The molecule has 2 amide bonds. The van der Waals surface area contributed by atoms with Gasteiger partial charge in [0.2, 0.25) is 0 Å². The molecule has 2 aromatic carbocycles. The molecule has 6 heteroatoms. The molecule has 0 fully saturated rings. The third-order valence-electron chi connectivity index (χ3n) is 4.23. The third-order valence-corrected chi connectivity index (χ3v) is 4.23. The number of nitrogens with zero attached hydrogens (tertiary/aromatic N) is 3. The van der Waals surface area contributed by atoms with Crippen LogP contribution in [0.3, 0.4) is 0 Å². The summed E-state index contributed by atoms with van der Waals surface area (Å²) in [5, 5.41) is 7.21. The summed E-state index contributed by atoms with van der Waals surface area (Å²) >= 11 is 0. The fourth-order valence-corrected chi connectivity index (χ4v) is 2.68. The molecule has 3 rings (SSSR count). The highest BCUT2D eigenvalue weighted by molar-refractivity contribution is 5.73. The van der Waals surface area contributed by atoms with Gasteiger partial charge in [0.25, 0.3) is 0 Å². The van der Waals surface area contributed by atoms with E-state index in [1.54, 1.807) is 18.1 Å². The van der Waals surface area contributed by atoms with Gasteiger partial charge in [-0.25, -0.2) is 4.79 Å². The van der Waals surface area contributed by atoms with Crippen LogP contribution in [0.15, 0.2) is 73.1 Å². The van der Waals surface area contributed by atoms with Gasteiger partial charge in [-0.1, -0.05) is 42.5 Å². The van der Waals surface area contributed by atoms with Gasteiger partial charge < -0.3 is 15.0 Å². The maximum atomic E-state index is 12.3. The van der Waals surface area contributed by atoms with Gasteiger partial charge >= 0.3 is 6.03 Å². The molecule has 1 aromatic heterocycles. The van der Waals surface area contributed by atoms with Gasteiger partial charge in [0.05, 0.1) is 13.1 Å². The average molecular weight is 364 g/mol. The quantitative estimate of drug-likeness (QED) is 0.668. The van der Waals surface area contributed by atoms with Crippen molar-refractivity contribution in [2.75, 3.05) is 20.2 Å². The minimum absolute atomic E-state index is 0.124. The van der Waals surface area contributed by atoms with E-state index in [2.05, 4.69) is 16.5 Å². The Morgan fingerprint density at radius 2 is 1.81 bits per heavy atom. The fourth-order valence-electron chi connectivity index (χ4n) is 2.68. The predicted molar refractivity (Wildman–Crippen MR) is 105 cm³/mol. The number of rotatable bonds is 8. The Morgan fingerprint density at radius 1 is 1.07 bits per heavy atom. The van der Waals surface area contributed by atoms with Gasteiger partial charge in [-0.05, 0) is 29.3 Å². The number of hydrogen-bond donors (Lipinski definition) is 1. The molecule has 1 N–H and O–H groups in total. The van der Waals surface area contributed by atoms with Crippen molar-refractivity contribution in [3.8, 4) is 5.75 Å². The van der Waals surface area contributed by atoms with E-state index in [1.807, 2.05) is 65.5 Å². The summed E-state index contributed by atoms with van der Waals surface area (Å²) in [4.78, 5) is 14.0. The van der Waals surface area contributed by atoms with Crippen molar-refractivity contribution < 1.29 is 9.53 Å². The molecule has 0 aliphatic carbocycles. The monoisotopic (exact) mass is 364 g/mol. The normalized spacial score (nSPS) is 10.4. The number of para-hydroxylation sites is 1. The van der Waals surface area contributed by atoms with E-state index in [4.69, 9.17) is 4.74 Å². The lowest BCUT2D eigenvalue weighted by molar-refractivity contribution is 0.195. The van der Waals surface area contributed by atoms with Crippen molar-refractivity contribution >= 4 is 6.03 Å². The maximum Gasteiger partial charge on any atom is 0.317 e. The van der Waals surface area contributed by atoms with Crippen LogP contribution < -0.4 is 10.1 Å². The number of carbonyl (C=O) groups excluding carboxylic acids is 1. The lowest BCUT2D eigenvalue weighted by Gasteiger charge is -2.19. The first kappa shape index (κ1) is 18.5. The van der Waals surface area contributed by atoms with Crippen LogP contribution >= 0.6 is 0 Å². The second-order valence-corrected chi connectivity index (χ2v) is 6.21. The van der Waals surface area contributed by atoms with Crippen LogP contribution in [0.2, 0.25) is 0 Å². The molecular formula is C21H24N4O2. The number of ether oxygens (including phenoxy) is 1. The molecule has 0 radical (unpaired) electrons. The molecule has 3 aromatic rings. The van der Waals surface area contributed by atoms with Crippen molar-refractivity contribution in [1.29, 1.82) is 0 Å². The van der Waals surface area contributed by atoms with Crippen molar-refractivity contribution in [3.63, 3.8) is 0 Å². The molecule has 0 unspecified atom stereocenters. The Labute approximate surface area is 159 Å². The molecule has 0 aliphatic heterocycles. The SMILES string of the molecule is CN(CCOc1ccccc1)C(=O)NCc1ccccc1Cn1cccn1. The van der Waals surface area contributed by atoms with Crippen LogP contribution in [0.1, 0.15) is 11.1 Å². The summed E-state index contributed by atoms with van der Waals surface area (Å²) in [6, 6.07) is 19.4. The first-order valence-corrected chi connectivity index (χ1v) is 8.93. The molecule has 0 atom stereocenters. The van der Waals surface area contributed by atoms with Crippen molar-refractivity contribution in [2.24, 2.45) is 0 Å². The Morgan fingerprint density at radius 3 is 2.56 bits per heavy atom. The van der Waals surface area contributed by atoms with Crippen molar-refractivity contribution in [2.45, 2.75) is 13.1 Å². The summed E-state index contributed by atoms with van der Waals surface area (Å²) in [5.41, 5.74) is 2.21. The maximum absolute atomic E-state index is 12.3. The predicted octanol–water partition coefficient (Wildman–Crippen LogP) is 3.15. The molecule has 0 aliphatic rings. The van der Waals surface area contributed by atoms with Crippen LogP contribution in [0.4, 0.5) is 4.79 Å². The lowest BCUT2D eigenvalue weighted by atomic mass is 10.1. The molecule has 6 nitrogen and oxygen atoms in total. The smallest absolute Gasteiger partial charge is 0.317 e. The zero-order chi connectivity index (χ0) is 18.9. The summed E-state index contributed by atoms with van der Waals surface area (Å²) in [6.45, 7) is 2.11. The Bertz CT molecular complexity index is 834. The van der Waals surface area contributed by atoms with Gasteiger partial charge in [-0.3, -0.25) is 4.68 Å². The molecule has 140 valence electrons. The lowest BCUT2D eigenvalue weighted by Crippen LogP contribution is -2.39. The van der Waals surface area contributed by atoms with Crippen LogP contribution in [0.25, 0.3) is 0 Å². The van der Waals surface area contributed by atoms with Gasteiger partial charge in [0.1, 0.15) is 12.4 Å². The molecule has 0 saturated carbocycles. The number of carbonyl (C=O) groups is 1. The zero-order valence-electron chi connectivity index (χ0n) is 15.4. The van der Waals surface area contributed by atoms with Gasteiger partial charge in [-0.2, -0.15) is 5.10 Å². The standard InChI is InChI=1S/C21H24N4O2/c1-24(14-15-27-20-10-3-2-4-11-20)21(26)22-16-18-8-5-6-9-19(18)17-25-13-7-12-23-25/h2-13H,14-17H2,1H3,(H,22,26). The van der Waals surface area contributed by atoms with E-state index in [0.717, 1.165) is 16.9 Å². The number of benzene rings is 2. The number of hydrogen-bond acceptors (Lipinski definition) is 3. The summed E-state index contributed by atoms with van der Waals surface area (Å²) in [6.07, 6.45) is 3.69.